The lowest BCUT2D eigenvalue weighted by Crippen LogP contribution is -2.24. The molecular formula is C16H20N2OS. The first-order valence-corrected chi connectivity index (χ1v) is 7.77. The van der Waals surface area contributed by atoms with Gasteiger partial charge >= 0.3 is 0 Å². The SMILES string of the molecule is CCCNC(=O)c1cccc(NC(C)c2cccs2)c1. The highest BCUT2D eigenvalue weighted by atomic mass is 32.1. The topological polar surface area (TPSA) is 41.1 Å². The standard InChI is InChI=1S/C16H20N2OS/c1-3-9-17-16(19)13-6-4-7-14(11-13)18-12(2)15-8-5-10-20-15/h4-8,10-12,18H,3,9H2,1-2H3,(H,17,19). The van der Waals surface area contributed by atoms with Crippen molar-refractivity contribution < 1.29 is 4.79 Å². The minimum atomic E-state index is -0.0146. The van der Waals surface area contributed by atoms with Gasteiger partial charge in [0.25, 0.3) is 5.91 Å². The second kappa shape index (κ2) is 7.10. The molecular weight excluding hydrogens is 268 g/mol. The van der Waals surface area contributed by atoms with Crippen LogP contribution < -0.4 is 10.6 Å². The Bertz CT molecular complexity index is 551. The Balaban J connectivity index is 2.04. The molecule has 20 heavy (non-hydrogen) atoms. The predicted octanol–water partition coefficient (Wildman–Crippen LogP) is 4.06. The lowest BCUT2D eigenvalue weighted by Gasteiger charge is -2.14. The van der Waals surface area contributed by atoms with E-state index in [1.807, 2.05) is 37.3 Å². The number of nitrogens with one attached hydrogen (secondary N) is 2. The molecule has 4 heteroatoms. The molecule has 0 bridgehead atoms. The van der Waals surface area contributed by atoms with Crippen LogP contribution in [-0.4, -0.2) is 12.5 Å². The molecule has 0 aliphatic carbocycles. The van der Waals surface area contributed by atoms with Crippen molar-refractivity contribution in [2.24, 2.45) is 0 Å². The van der Waals surface area contributed by atoms with E-state index in [1.165, 1.54) is 4.88 Å². The third-order valence-electron chi connectivity index (χ3n) is 3.01. The highest BCUT2D eigenvalue weighted by Crippen LogP contribution is 2.23. The summed E-state index contributed by atoms with van der Waals surface area (Å²) in [5, 5.41) is 8.39. The maximum absolute atomic E-state index is 11.9. The van der Waals surface area contributed by atoms with Gasteiger partial charge in [-0.15, -0.1) is 11.3 Å². The first-order chi connectivity index (χ1) is 9.70. The Hall–Kier alpha value is -1.81. The van der Waals surface area contributed by atoms with Gasteiger partial charge in [0.05, 0.1) is 6.04 Å². The quantitative estimate of drug-likeness (QED) is 0.841. The molecule has 106 valence electrons. The zero-order valence-corrected chi connectivity index (χ0v) is 12.7. The van der Waals surface area contributed by atoms with Gasteiger partial charge in [0.15, 0.2) is 0 Å². The van der Waals surface area contributed by atoms with Crippen LogP contribution in [0.5, 0.6) is 0 Å². The summed E-state index contributed by atoms with van der Waals surface area (Å²) in [6.45, 7) is 4.87. The number of hydrogen-bond acceptors (Lipinski definition) is 3. The fraction of sp³-hybridized carbons (Fsp3) is 0.312. The van der Waals surface area contributed by atoms with Gasteiger partial charge in [0.2, 0.25) is 0 Å². The van der Waals surface area contributed by atoms with E-state index in [2.05, 4.69) is 29.0 Å². The average molecular weight is 288 g/mol. The Kier molecular flexibility index (Phi) is 5.18. The summed E-state index contributed by atoms with van der Waals surface area (Å²) in [4.78, 5) is 13.2. The van der Waals surface area contributed by atoms with Crippen molar-refractivity contribution >= 4 is 22.9 Å². The zero-order valence-electron chi connectivity index (χ0n) is 11.8. The summed E-state index contributed by atoms with van der Waals surface area (Å²) in [6, 6.07) is 12.0. The normalized spacial score (nSPS) is 11.9. The Morgan fingerprint density at radius 3 is 2.85 bits per heavy atom. The monoisotopic (exact) mass is 288 g/mol. The molecule has 0 aliphatic rings. The molecule has 2 N–H and O–H groups in total. The van der Waals surface area contributed by atoms with Crippen LogP contribution >= 0.6 is 11.3 Å². The van der Waals surface area contributed by atoms with Crippen LogP contribution in [0.3, 0.4) is 0 Å². The number of hydrogen-bond donors (Lipinski definition) is 2. The number of carbonyl (C=O) groups is 1. The van der Waals surface area contributed by atoms with E-state index in [9.17, 15) is 4.79 Å². The second-order valence-corrected chi connectivity index (χ2v) is 5.70. The van der Waals surface area contributed by atoms with Gasteiger partial charge in [-0.3, -0.25) is 4.79 Å². The number of carbonyl (C=O) groups excluding carboxylic acids is 1. The lowest BCUT2D eigenvalue weighted by atomic mass is 10.1. The average Bonchev–Trinajstić information content (AvgIpc) is 2.99. The van der Waals surface area contributed by atoms with Crippen LogP contribution in [0, 0.1) is 0 Å². The fourth-order valence-electron chi connectivity index (χ4n) is 1.95. The molecule has 2 aromatic rings. The van der Waals surface area contributed by atoms with E-state index in [4.69, 9.17) is 0 Å². The maximum atomic E-state index is 11.9. The van der Waals surface area contributed by atoms with Gasteiger partial charge in [0, 0.05) is 22.7 Å². The van der Waals surface area contributed by atoms with Crippen molar-refractivity contribution in [2.75, 3.05) is 11.9 Å². The van der Waals surface area contributed by atoms with Crippen molar-refractivity contribution in [3.8, 4) is 0 Å². The number of amides is 1. The predicted molar refractivity (Wildman–Crippen MR) is 85.4 cm³/mol. The van der Waals surface area contributed by atoms with Crippen LogP contribution in [0.25, 0.3) is 0 Å². The van der Waals surface area contributed by atoms with Crippen LogP contribution in [0.4, 0.5) is 5.69 Å². The number of thiophene rings is 1. The van der Waals surface area contributed by atoms with E-state index in [-0.39, 0.29) is 11.9 Å². The molecule has 3 nitrogen and oxygen atoms in total. The van der Waals surface area contributed by atoms with Crippen LogP contribution in [0.2, 0.25) is 0 Å². The molecule has 1 amide bonds. The van der Waals surface area contributed by atoms with Crippen molar-refractivity contribution in [3.05, 3.63) is 52.2 Å². The minimum absolute atomic E-state index is 0.0146. The van der Waals surface area contributed by atoms with E-state index >= 15 is 0 Å². The number of anilines is 1. The van der Waals surface area contributed by atoms with Gasteiger partial charge in [-0.05, 0) is 43.0 Å². The third kappa shape index (κ3) is 3.84. The summed E-state index contributed by atoms with van der Waals surface area (Å²) in [7, 11) is 0. The number of benzene rings is 1. The highest BCUT2D eigenvalue weighted by Gasteiger charge is 2.08. The Morgan fingerprint density at radius 2 is 2.15 bits per heavy atom. The van der Waals surface area contributed by atoms with Crippen molar-refractivity contribution in [2.45, 2.75) is 26.3 Å². The van der Waals surface area contributed by atoms with Crippen LogP contribution in [-0.2, 0) is 0 Å². The molecule has 0 fully saturated rings. The van der Waals surface area contributed by atoms with Gasteiger partial charge < -0.3 is 10.6 Å². The molecule has 0 saturated carbocycles. The summed E-state index contributed by atoms with van der Waals surface area (Å²) in [5.74, 6) is -0.0146. The molecule has 1 aromatic heterocycles. The van der Waals surface area contributed by atoms with Gasteiger partial charge in [-0.1, -0.05) is 19.1 Å². The van der Waals surface area contributed by atoms with Crippen molar-refractivity contribution in [3.63, 3.8) is 0 Å². The van der Waals surface area contributed by atoms with E-state index in [0.717, 1.165) is 12.1 Å². The summed E-state index contributed by atoms with van der Waals surface area (Å²) in [6.07, 6.45) is 0.944. The maximum Gasteiger partial charge on any atom is 0.251 e. The van der Waals surface area contributed by atoms with Gasteiger partial charge in [-0.25, -0.2) is 0 Å². The van der Waals surface area contributed by atoms with Gasteiger partial charge in [0.1, 0.15) is 0 Å². The summed E-state index contributed by atoms with van der Waals surface area (Å²) in [5.41, 5.74) is 1.66. The largest absolute Gasteiger partial charge is 0.378 e. The molecule has 2 rings (SSSR count). The zero-order chi connectivity index (χ0) is 14.4. The number of rotatable bonds is 6. The third-order valence-corrected chi connectivity index (χ3v) is 4.07. The van der Waals surface area contributed by atoms with Gasteiger partial charge in [-0.2, -0.15) is 0 Å². The molecule has 0 saturated heterocycles. The Morgan fingerprint density at radius 1 is 1.30 bits per heavy atom. The minimum Gasteiger partial charge on any atom is -0.378 e. The molecule has 1 aromatic carbocycles. The van der Waals surface area contributed by atoms with Crippen molar-refractivity contribution in [1.82, 2.24) is 5.32 Å². The van der Waals surface area contributed by atoms with Crippen molar-refractivity contribution in [1.29, 1.82) is 0 Å². The summed E-state index contributed by atoms with van der Waals surface area (Å²) < 4.78 is 0. The summed E-state index contributed by atoms with van der Waals surface area (Å²) >= 11 is 1.73. The molecule has 1 heterocycles. The van der Waals surface area contributed by atoms with Crippen LogP contribution in [0.1, 0.15) is 41.5 Å². The molecule has 1 unspecified atom stereocenters. The highest BCUT2D eigenvalue weighted by molar-refractivity contribution is 7.10. The molecule has 0 radical (unpaired) electrons. The molecule has 1 atom stereocenters. The fourth-order valence-corrected chi connectivity index (χ4v) is 2.68. The lowest BCUT2D eigenvalue weighted by molar-refractivity contribution is 0.0953. The second-order valence-electron chi connectivity index (χ2n) is 4.72. The Labute approximate surface area is 124 Å². The van der Waals surface area contributed by atoms with E-state index in [1.54, 1.807) is 11.3 Å². The first-order valence-electron chi connectivity index (χ1n) is 6.89. The molecule has 0 aliphatic heterocycles. The van der Waals surface area contributed by atoms with E-state index < -0.39 is 0 Å². The molecule has 0 spiro atoms. The first kappa shape index (κ1) is 14.6. The smallest absolute Gasteiger partial charge is 0.251 e. The van der Waals surface area contributed by atoms with Crippen LogP contribution in [0.15, 0.2) is 41.8 Å². The van der Waals surface area contributed by atoms with E-state index in [0.29, 0.717) is 12.1 Å².